The van der Waals surface area contributed by atoms with Crippen LogP contribution in [-0.2, 0) is 21.2 Å². The summed E-state index contributed by atoms with van der Waals surface area (Å²) in [6, 6.07) is 16.6. The van der Waals surface area contributed by atoms with Crippen molar-refractivity contribution in [1.82, 2.24) is 9.29 Å². The smallest absolute Gasteiger partial charge is 0.408 e. The zero-order valence-electron chi connectivity index (χ0n) is 23.3. The Balaban J connectivity index is 1.70. The molecule has 1 aliphatic rings. The second kappa shape index (κ2) is 10.8. The third-order valence-electron chi connectivity index (χ3n) is 7.17. The lowest BCUT2D eigenvalue weighted by Crippen LogP contribution is -2.34. The van der Waals surface area contributed by atoms with E-state index in [1.165, 1.54) is 10.0 Å². The van der Waals surface area contributed by atoms with Gasteiger partial charge in [-0.15, -0.1) is 0 Å². The summed E-state index contributed by atoms with van der Waals surface area (Å²) in [6.07, 6.45) is -0.416. The molecule has 8 nitrogen and oxygen atoms in total. The van der Waals surface area contributed by atoms with Crippen LogP contribution in [0.5, 0.6) is 0 Å². The first-order valence-corrected chi connectivity index (χ1v) is 15.2. The van der Waals surface area contributed by atoms with Crippen molar-refractivity contribution in [3.8, 4) is 11.3 Å². The lowest BCUT2D eigenvalue weighted by atomic mass is 10.0. The third-order valence-corrected chi connectivity index (χ3v) is 9.13. The number of fused-ring (bicyclic) bond motifs is 3. The van der Waals surface area contributed by atoms with E-state index in [1.807, 2.05) is 19.1 Å². The van der Waals surface area contributed by atoms with Gasteiger partial charge < -0.3 is 20.3 Å². The van der Waals surface area contributed by atoms with Gasteiger partial charge in [-0.3, -0.25) is 0 Å². The maximum atomic E-state index is 14.2. The molecule has 41 heavy (non-hydrogen) atoms. The highest BCUT2D eigenvalue weighted by Crippen LogP contribution is 2.41. The fourth-order valence-corrected chi connectivity index (χ4v) is 7.08. The van der Waals surface area contributed by atoms with E-state index in [-0.39, 0.29) is 10.9 Å². The van der Waals surface area contributed by atoms with Crippen LogP contribution in [0.4, 0.5) is 4.79 Å². The topological polar surface area (TPSA) is 118 Å². The van der Waals surface area contributed by atoms with E-state index in [4.69, 9.17) is 16.3 Å². The van der Waals surface area contributed by atoms with Gasteiger partial charge in [0.15, 0.2) is 0 Å². The zero-order chi connectivity index (χ0) is 29.7. The Bertz CT molecular complexity index is 1740. The number of amides is 1. The number of aromatic nitrogens is 1. The van der Waals surface area contributed by atoms with E-state index in [0.29, 0.717) is 40.2 Å². The lowest BCUT2D eigenvalue weighted by Gasteiger charge is -2.22. The average molecular weight is 597 g/mol. The average Bonchev–Trinajstić information content (AvgIpc) is 3.49. The largest absolute Gasteiger partial charge is 0.444 e. The molecular formula is C31H33ClN2O6S. The highest BCUT2D eigenvalue weighted by atomic mass is 35.5. The number of aryl methyl sites for hydroxylation is 2. The van der Waals surface area contributed by atoms with Crippen molar-refractivity contribution in [2.45, 2.75) is 63.2 Å². The van der Waals surface area contributed by atoms with Crippen LogP contribution in [0.3, 0.4) is 0 Å². The minimum absolute atomic E-state index is 0.129. The molecule has 0 saturated heterocycles. The zero-order valence-corrected chi connectivity index (χ0v) is 24.9. The number of carbonyl (C=O) groups is 1. The summed E-state index contributed by atoms with van der Waals surface area (Å²) < 4.78 is 35.1. The molecule has 216 valence electrons. The van der Waals surface area contributed by atoms with Gasteiger partial charge in [0, 0.05) is 16.0 Å². The minimum Gasteiger partial charge on any atom is -0.444 e. The fourth-order valence-electron chi connectivity index (χ4n) is 5.32. The van der Waals surface area contributed by atoms with Crippen LogP contribution < -0.4 is 5.32 Å². The molecule has 0 unspecified atom stereocenters. The van der Waals surface area contributed by atoms with Gasteiger partial charge in [-0.2, -0.15) is 0 Å². The number of benzene rings is 3. The molecule has 0 radical (unpaired) electrons. The number of ether oxygens (including phenoxy) is 1. The van der Waals surface area contributed by atoms with Gasteiger partial charge in [0.05, 0.1) is 28.8 Å². The molecule has 5 rings (SSSR count). The Hall–Kier alpha value is -3.37. The third kappa shape index (κ3) is 5.72. The number of alkyl carbamates (subject to hydrolysis) is 1. The van der Waals surface area contributed by atoms with Gasteiger partial charge in [0.25, 0.3) is 10.0 Å². The number of carbonyl (C=O) groups excluding carboxylic acids is 1. The second-order valence-electron chi connectivity index (χ2n) is 11.4. The summed E-state index contributed by atoms with van der Waals surface area (Å²) in [6.45, 7) is 6.79. The summed E-state index contributed by atoms with van der Waals surface area (Å²) in [5, 5.41) is 23.8. The summed E-state index contributed by atoms with van der Waals surface area (Å²) >= 11 is 6.40. The summed E-state index contributed by atoms with van der Waals surface area (Å²) in [5.74, 6) is 0. The van der Waals surface area contributed by atoms with Crippen LogP contribution in [0.15, 0.2) is 65.6 Å². The first-order chi connectivity index (χ1) is 19.3. The molecule has 4 aromatic rings. The standard InChI is InChI=1S/C31H33ClN2O6S/c1-18-5-7-22(8-6-18)41(38,39)34-27-12-10-24-23(9-11-26(24)33-30(37)40-31(2,3)4)25(27)16-28(34)19-13-20(29(36)17-35)15-21(32)14-19/h5-8,10,12-16,26,29,35-36H,9,11,17H2,1-4H3,(H,33,37)/t26-,29+/m1/s1. The Labute approximate surface area is 244 Å². The van der Waals surface area contributed by atoms with Crippen LogP contribution >= 0.6 is 11.6 Å². The lowest BCUT2D eigenvalue weighted by molar-refractivity contribution is 0.0503. The van der Waals surface area contributed by atoms with Crippen molar-refractivity contribution in [2.75, 3.05) is 6.61 Å². The number of hydrogen-bond acceptors (Lipinski definition) is 6. The van der Waals surface area contributed by atoms with Crippen LogP contribution in [0, 0.1) is 6.92 Å². The second-order valence-corrected chi connectivity index (χ2v) is 13.6. The molecule has 0 spiro atoms. The first-order valence-electron chi connectivity index (χ1n) is 13.4. The Kier molecular flexibility index (Phi) is 7.67. The van der Waals surface area contributed by atoms with Gasteiger partial charge in [0.2, 0.25) is 0 Å². The highest BCUT2D eigenvalue weighted by Gasteiger charge is 2.31. The van der Waals surface area contributed by atoms with Crippen molar-refractivity contribution in [3.63, 3.8) is 0 Å². The molecule has 1 heterocycles. The minimum atomic E-state index is -4.07. The quantitative estimate of drug-likeness (QED) is 0.250. The summed E-state index contributed by atoms with van der Waals surface area (Å²) in [5.41, 5.74) is 3.84. The monoisotopic (exact) mass is 596 g/mol. The number of hydrogen-bond donors (Lipinski definition) is 3. The molecule has 0 saturated carbocycles. The van der Waals surface area contributed by atoms with Crippen molar-refractivity contribution < 1.29 is 28.2 Å². The van der Waals surface area contributed by atoms with Gasteiger partial charge in [-0.25, -0.2) is 17.2 Å². The molecule has 1 aliphatic carbocycles. The molecule has 1 aromatic heterocycles. The maximum absolute atomic E-state index is 14.2. The van der Waals surface area contributed by atoms with E-state index < -0.39 is 34.4 Å². The van der Waals surface area contributed by atoms with Gasteiger partial charge in [-0.1, -0.05) is 35.4 Å². The van der Waals surface area contributed by atoms with E-state index in [2.05, 4.69) is 5.32 Å². The number of aliphatic hydroxyl groups excluding tert-OH is 2. The number of halogens is 1. The van der Waals surface area contributed by atoms with Crippen molar-refractivity contribution in [2.24, 2.45) is 0 Å². The van der Waals surface area contributed by atoms with E-state index in [1.54, 1.807) is 63.2 Å². The van der Waals surface area contributed by atoms with Crippen molar-refractivity contribution in [3.05, 3.63) is 87.9 Å². The molecule has 3 N–H and O–H groups in total. The van der Waals surface area contributed by atoms with Crippen molar-refractivity contribution >= 4 is 38.6 Å². The van der Waals surface area contributed by atoms with Crippen LogP contribution in [0.1, 0.15) is 61.6 Å². The van der Waals surface area contributed by atoms with Crippen LogP contribution in [0.25, 0.3) is 22.2 Å². The summed E-state index contributed by atoms with van der Waals surface area (Å²) in [4.78, 5) is 12.6. The first kappa shape index (κ1) is 29.1. The normalized spacial score (nSPS) is 16.0. The van der Waals surface area contributed by atoms with E-state index >= 15 is 0 Å². The van der Waals surface area contributed by atoms with E-state index in [0.717, 1.165) is 22.1 Å². The van der Waals surface area contributed by atoms with Crippen LogP contribution in [-0.4, -0.2) is 40.9 Å². The highest BCUT2D eigenvalue weighted by molar-refractivity contribution is 7.90. The molecule has 1 amide bonds. The molecular weight excluding hydrogens is 564 g/mol. The molecule has 2 atom stereocenters. The van der Waals surface area contributed by atoms with E-state index in [9.17, 15) is 23.4 Å². The molecule has 3 aromatic carbocycles. The van der Waals surface area contributed by atoms with Gasteiger partial charge >= 0.3 is 6.09 Å². The Morgan fingerprint density at radius 2 is 1.83 bits per heavy atom. The molecule has 0 bridgehead atoms. The van der Waals surface area contributed by atoms with Gasteiger partial charge in [-0.05, 0) is 99.7 Å². The Morgan fingerprint density at radius 1 is 1.12 bits per heavy atom. The number of aliphatic hydroxyl groups is 2. The molecule has 0 aliphatic heterocycles. The van der Waals surface area contributed by atoms with Crippen LogP contribution in [0.2, 0.25) is 5.02 Å². The number of rotatable bonds is 6. The summed E-state index contributed by atoms with van der Waals surface area (Å²) in [7, 11) is -4.07. The van der Waals surface area contributed by atoms with Gasteiger partial charge in [0.1, 0.15) is 11.7 Å². The number of nitrogens with zero attached hydrogens (tertiary/aromatic N) is 1. The predicted molar refractivity (Wildman–Crippen MR) is 159 cm³/mol. The SMILES string of the molecule is Cc1ccc(S(=O)(=O)n2c(-c3cc(Cl)cc([C@@H](O)CO)c3)cc3c4c(ccc32)[C@H](NC(=O)OC(C)(C)C)CC4)cc1. The predicted octanol–water partition coefficient (Wildman–Crippen LogP) is 6.04. The maximum Gasteiger partial charge on any atom is 0.408 e. The Morgan fingerprint density at radius 3 is 2.49 bits per heavy atom. The molecule has 0 fully saturated rings. The van der Waals surface area contributed by atoms with Crippen molar-refractivity contribution in [1.29, 1.82) is 0 Å². The molecule has 10 heteroatoms. The fraction of sp³-hybridized carbons (Fsp3) is 0.323. The number of nitrogens with one attached hydrogen (secondary N) is 1.